The summed E-state index contributed by atoms with van der Waals surface area (Å²) in [7, 11) is 0. The van der Waals surface area contributed by atoms with Gasteiger partial charge in [0.15, 0.2) is 0 Å². The average Bonchev–Trinajstić information content (AvgIpc) is 2.04. The van der Waals surface area contributed by atoms with Gasteiger partial charge < -0.3 is 5.73 Å². The molecule has 72 valence electrons. The van der Waals surface area contributed by atoms with Crippen LogP contribution in [0.25, 0.3) is 0 Å². The van der Waals surface area contributed by atoms with Crippen LogP contribution in [0, 0.1) is 0 Å². The molecule has 0 aliphatic carbocycles. The number of halogens is 1. The van der Waals surface area contributed by atoms with Crippen molar-refractivity contribution in [3.8, 4) is 0 Å². The van der Waals surface area contributed by atoms with Gasteiger partial charge in [-0.2, -0.15) is 0 Å². The largest absolute Gasteiger partial charge is 0.327 e. The molecule has 0 bridgehead atoms. The smallest absolute Gasteiger partial charge is 0.0213 e. The molecule has 1 nitrogen and oxygen atoms in total. The van der Waals surface area contributed by atoms with Crippen molar-refractivity contribution >= 4 is 15.9 Å². The van der Waals surface area contributed by atoms with Gasteiger partial charge in [-0.05, 0) is 18.6 Å². The average molecular weight is 242 g/mol. The lowest BCUT2D eigenvalue weighted by molar-refractivity contribution is 0.432. The van der Waals surface area contributed by atoms with Crippen molar-refractivity contribution in [3.05, 3.63) is 34.3 Å². The molecule has 0 amide bonds. The van der Waals surface area contributed by atoms with Crippen LogP contribution in [0.3, 0.4) is 0 Å². The highest BCUT2D eigenvalue weighted by molar-refractivity contribution is 9.10. The standard InChI is InChI=1S/C11H16BrN/c1-8(13)11(2,3)9-6-4-5-7-10(9)12/h4-8H,13H2,1-3H3. The second-order valence-electron chi connectivity index (χ2n) is 3.99. The van der Waals surface area contributed by atoms with Crippen molar-refractivity contribution in [2.75, 3.05) is 0 Å². The summed E-state index contributed by atoms with van der Waals surface area (Å²) in [6.45, 7) is 6.37. The molecule has 1 atom stereocenters. The first-order valence-corrected chi connectivity index (χ1v) is 5.26. The zero-order chi connectivity index (χ0) is 10.1. The summed E-state index contributed by atoms with van der Waals surface area (Å²) < 4.78 is 1.14. The number of hydrogen-bond donors (Lipinski definition) is 1. The lowest BCUT2D eigenvalue weighted by Crippen LogP contribution is -2.38. The summed E-state index contributed by atoms with van der Waals surface area (Å²) in [6.07, 6.45) is 0. The fourth-order valence-electron chi connectivity index (χ4n) is 1.23. The van der Waals surface area contributed by atoms with Gasteiger partial charge >= 0.3 is 0 Å². The zero-order valence-corrected chi connectivity index (χ0v) is 9.93. The van der Waals surface area contributed by atoms with Gasteiger partial charge in [0.25, 0.3) is 0 Å². The number of benzene rings is 1. The summed E-state index contributed by atoms with van der Waals surface area (Å²) >= 11 is 3.54. The zero-order valence-electron chi connectivity index (χ0n) is 8.34. The summed E-state index contributed by atoms with van der Waals surface area (Å²) in [6, 6.07) is 8.38. The van der Waals surface area contributed by atoms with Gasteiger partial charge in [0, 0.05) is 15.9 Å². The van der Waals surface area contributed by atoms with Crippen molar-refractivity contribution in [2.24, 2.45) is 5.73 Å². The Bertz CT molecular complexity index is 292. The maximum absolute atomic E-state index is 5.95. The first kappa shape index (κ1) is 10.7. The fourth-order valence-corrected chi connectivity index (χ4v) is 2.02. The van der Waals surface area contributed by atoms with Gasteiger partial charge in [-0.1, -0.05) is 48.0 Å². The first-order chi connectivity index (χ1) is 5.96. The van der Waals surface area contributed by atoms with Crippen molar-refractivity contribution in [1.82, 2.24) is 0 Å². The highest BCUT2D eigenvalue weighted by atomic mass is 79.9. The van der Waals surface area contributed by atoms with Crippen molar-refractivity contribution in [3.63, 3.8) is 0 Å². The van der Waals surface area contributed by atoms with E-state index >= 15 is 0 Å². The van der Waals surface area contributed by atoms with Gasteiger partial charge in [0.1, 0.15) is 0 Å². The molecular weight excluding hydrogens is 226 g/mol. The van der Waals surface area contributed by atoms with Gasteiger partial charge in [-0.15, -0.1) is 0 Å². The topological polar surface area (TPSA) is 26.0 Å². The summed E-state index contributed by atoms with van der Waals surface area (Å²) in [4.78, 5) is 0. The Morgan fingerprint density at radius 1 is 1.31 bits per heavy atom. The molecule has 2 N–H and O–H groups in total. The van der Waals surface area contributed by atoms with Crippen molar-refractivity contribution in [2.45, 2.75) is 32.2 Å². The number of nitrogens with two attached hydrogens (primary N) is 1. The van der Waals surface area contributed by atoms with E-state index < -0.39 is 0 Å². The van der Waals surface area contributed by atoms with E-state index in [0.29, 0.717) is 0 Å². The quantitative estimate of drug-likeness (QED) is 0.847. The Kier molecular flexibility index (Phi) is 3.14. The van der Waals surface area contributed by atoms with Gasteiger partial charge in [-0.3, -0.25) is 0 Å². The summed E-state index contributed by atoms with van der Waals surface area (Å²) in [5, 5.41) is 0. The molecule has 0 heterocycles. The Hall–Kier alpha value is -0.340. The van der Waals surface area contributed by atoms with E-state index in [1.807, 2.05) is 19.1 Å². The van der Waals surface area contributed by atoms with E-state index in [9.17, 15) is 0 Å². The minimum Gasteiger partial charge on any atom is -0.327 e. The molecule has 1 aromatic rings. The van der Waals surface area contributed by atoms with E-state index in [2.05, 4.69) is 41.9 Å². The predicted octanol–water partition coefficient (Wildman–Crippen LogP) is 3.07. The normalized spacial score (nSPS) is 14.2. The van der Waals surface area contributed by atoms with E-state index in [1.165, 1.54) is 5.56 Å². The lowest BCUT2D eigenvalue weighted by atomic mass is 9.79. The molecule has 13 heavy (non-hydrogen) atoms. The van der Waals surface area contributed by atoms with Crippen LogP contribution >= 0.6 is 15.9 Å². The molecule has 1 unspecified atom stereocenters. The molecule has 0 aliphatic heterocycles. The van der Waals surface area contributed by atoms with E-state index in [1.54, 1.807) is 0 Å². The molecule has 1 aromatic carbocycles. The molecule has 0 radical (unpaired) electrons. The third-order valence-electron chi connectivity index (χ3n) is 2.71. The van der Waals surface area contributed by atoms with E-state index in [-0.39, 0.29) is 11.5 Å². The molecule has 0 saturated heterocycles. The molecule has 0 fully saturated rings. The molecular formula is C11H16BrN. The maximum Gasteiger partial charge on any atom is 0.0213 e. The van der Waals surface area contributed by atoms with Gasteiger partial charge in [-0.25, -0.2) is 0 Å². The van der Waals surface area contributed by atoms with Crippen LogP contribution in [0.15, 0.2) is 28.7 Å². The molecule has 2 heteroatoms. The Morgan fingerprint density at radius 3 is 2.31 bits per heavy atom. The van der Waals surface area contributed by atoms with Crippen LogP contribution in [0.5, 0.6) is 0 Å². The maximum atomic E-state index is 5.95. The van der Waals surface area contributed by atoms with E-state index in [0.717, 1.165) is 4.47 Å². The molecule has 1 rings (SSSR count). The SMILES string of the molecule is CC(N)C(C)(C)c1ccccc1Br. The van der Waals surface area contributed by atoms with Gasteiger partial charge in [0.05, 0.1) is 0 Å². The summed E-state index contributed by atoms with van der Waals surface area (Å²) in [5.74, 6) is 0. The summed E-state index contributed by atoms with van der Waals surface area (Å²) in [5.41, 5.74) is 7.23. The minimum atomic E-state index is 0.0140. The molecule has 0 spiro atoms. The van der Waals surface area contributed by atoms with Crippen LogP contribution in [0.2, 0.25) is 0 Å². The monoisotopic (exact) mass is 241 g/mol. The van der Waals surface area contributed by atoms with Crippen LogP contribution in [-0.4, -0.2) is 6.04 Å². The highest BCUT2D eigenvalue weighted by Crippen LogP contribution is 2.31. The Balaban J connectivity index is 3.14. The van der Waals surface area contributed by atoms with Crippen LogP contribution in [0.1, 0.15) is 26.3 Å². The lowest BCUT2D eigenvalue weighted by Gasteiger charge is -2.30. The Labute approximate surface area is 88.5 Å². The number of rotatable bonds is 2. The van der Waals surface area contributed by atoms with Crippen LogP contribution in [-0.2, 0) is 5.41 Å². The fraction of sp³-hybridized carbons (Fsp3) is 0.455. The van der Waals surface area contributed by atoms with Crippen LogP contribution < -0.4 is 5.73 Å². The molecule has 0 saturated carbocycles. The minimum absolute atomic E-state index is 0.0140. The predicted molar refractivity (Wildman–Crippen MR) is 60.8 cm³/mol. The Morgan fingerprint density at radius 2 is 1.85 bits per heavy atom. The van der Waals surface area contributed by atoms with Crippen molar-refractivity contribution in [1.29, 1.82) is 0 Å². The second kappa shape index (κ2) is 3.81. The third-order valence-corrected chi connectivity index (χ3v) is 3.40. The second-order valence-corrected chi connectivity index (χ2v) is 4.84. The number of hydrogen-bond acceptors (Lipinski definition) is 1. The third kappa shape index (κ3) is 2.12. The first-order valence-electron chi connectivity index (χ1n) is 4.47. The van der Waals surface area contributed by atoms with Crippen LogP contribution in [0.4, 0.5) is 0 Å². The van der Waals surface area contributed by atoms with Crippen molar-refractivity contribution < 1.29 is 0 Å². The van der Waals surface area contributed by atoms with E-state index in [4.69, 9.17) is 5.73 Å². The highest BCUT2D eigenvalue weighted by Gasteiger charge is 2.26. The molecule has 0 aliphatic rings. The van der Waals surface area contributed by atoms with Gasteiger partial charge in [0.2, 0.25) is 0 Å². The molecule has 0 aromatic heterocycles.